The van der Waals surface area contributed by atoms with Gasteiger partial charge in [-0.3, -0.25) is 0 Å². The van der Waals surface area contributed by atoms with E-state index in [2.05, 4.69) is 0 Å². The number of carboxylic acid groups (broad SMARTS) is 1. The first-order valence-electron chi connectivity index (χ1n) is 5.88. The number of hydrogen-bond donors (Lipinski definition) is 1. The van der Waals surface area contributed by atoms with E-state index in [9.17, 15) is 9.18 Å². The fourth-order valence-corrected chi connectivity index (χ4v) is 2.01. The molecule has 1 N–H and O–H groups in total. The summed E-state index contributed by atoms with van der Waals surface area (Å²) in [5, 5.41) is 9.44. The van der Waals surface area contributed by atoms with Crippen molar-refractivity contribution >= 4 is 17.6 Å². The molecule has 3 nitrogen and oxygen atoms in total. The Bertz CT molecular complexity index is 656. The molecule has 0 aliphatic rings. The monoisotopic (exact) mass is 294 g/mol. The Kier molecular flexibility index (Phi) is 4.25. The van der Waals surface area contributed by atoms with Gasteiger partial charge in [-0.25, -0.2) is 9.18 Å². The van der Waals surface area contributed by atoms with Crippen molar-refractivity contribution in [2.24, 2.45) is 0 Å². The molecule has 104 valence electrons. The van der Waals surface area contributed by atoms with Crippen LogP contribution in [0, 0.1) is 12.7 Å². The number of hydrogen-bond acceptors (Lipinski definition) is 2. The van der Waals surface area contributed by atoms with E-state index in [4.69, 9.17) is 21.4 Å². The van der Waals surface area contributed by atoms with Crippen molar-refractivity contribution in [1.82, 2.24) is 0 Å². The average molecular weight is 295 g/mol. The number of rotatable bonds is 4. The third kappa shape index (κ3) is 3.08. The van der Waals surface area contributed by atoms with Crippen LogP contribution in [0.5, 0.6) is 5.75 Å². The third-order valence-electron chi connectivity index (χ3n) is 2.91. The molecular weight excluding hydrogens is 283 g/mol. The maximum absolute atomic E-state index is 13.5. The molecule has 0 aromatic heterocycles. The quantitative estimate of drug-likeness (QED) is 0.925. The van der Waals surface area contributed by atoms with Gasteiger partial charge in [0.05, 0.1) is 5.56 Å². The molecule has 0 radical (unpaired) electrons. The molecule has 5 heteroatoms. The smallest absolute Gasteiger partial charge is 0.336 e. The summed E-state index contributed by atoms with van der Waals surface area (Å²) in [6.45, 7) is 1.63. The lowest BCUT2D eigenvalue weighted by atomic mass is 10.1. The summed E-state index contributed by atoms with van der Waals surface area (Å²) in [4.78, 5) is 11.0. The molecule has 0 bridgehead atoms. The molecule has 2 rings (SSSR count). The molecule has 0 aliphatic carbocycles. The molecule has 0 amide bonds. The lowest BCUT2D eigenvalue weighted by Gasteiger charge is -2.11. The number of ether oxygens (including phenoxy) is 1. The van der Waals surface area contributed by atoms with Crippen molar-refractivity contribution in [2.75, 3.05) is 0 Å². The summed E-state index contributed by atoms with van der Waals surface area (Å²) in [6, 6.07) is 8.92. The molecule has 0 unspecified atom stereocenters. The molecular formula is C15H12ClFO3. The van der Waals surface area contributed by atoms with Crippen molar-refractivity contribution in [1.29, 1.82) is 0 Å². The fraction of sp³-hybridized carbons (Fsp3) is 0.133. The minimum atomic E-state index is -1.03. The zero-order chi connectivity index (χ0) is 14.7. The van der Waals surface area contributed by atoms with Crippen molar-refractivity contribution in [3.05, 3.63) is 63.9 Å². The number of benzene rings is 2. The highest BCUT2D eigenvalue weighted by Crippen LogP contribution is 2.23. The van der Waals surface area contributed by atoms with Gasteiger partial charge in [-0.15, -0.1) is 0 Å². The van der Waals surface area contributed by atoms with Crippen molar-refractivity contribution in [2.45, 2.75) is 13.5 Å². The molecule has 0 fully saturated rings. The Morgan fingerprint density at radius 3 is 2.80 bits per heavy atom. The van der Waals surface area contributed by atoms with Gasteiger partial charge in [0.1, 0.15) is 18.2 Å². The average Bonchev–Trinajstić information content (AvgIpc) is 2.41. The Morgan fingerprint density at radius 2 is 2.10 bits per heavy atom. The standard InChI is InChI=1S/C15H12ClFO3/c1-9-12(15(18)19)3-2-4-14(9)20-8-10-7-11(16)5-6-13(10)17/h2-7H,8H2,1H3,(H,18,19). The summed E-state index contributed by atoms with van der Waals surface area (Å²) in [5.74, 6) is -1.03. The zero-order valence-corrected chi connectivity index (χ0v) is 11.4. The molecule has 0 atom stereocenters. The summed E-state index contributed by atoms with van der Waals surface area (Å²) >= 11 is 5.80. The number of halogens is 2. The lowest BCUT2D eigenvalue weighted by molar-refractivity contribution is 0.0695. The summed E-state index contributed by atoms with van der Waals surface area (Å²) in [6.07, 6.45) is 0. The second-order valence-electron chi connectivity index (χ2n) is 4.26. The predicted octanol–water partition coefficient (Wildman–Crippen LogP) is 4.06. The summed E-state index contributed by atoms with van der Waals surface area (Å²) in [5.41, 5.74) is 0.981. The van der Waals surface area contributed by atoms with Gasteiger partial charge in [-0.1, -0.05) is 17.7 Å². The van der Waals surface area contributed by atoms with Crippen molar-refractivity contribution in [3.63, 3.8) is 0 Å². The van der Waals surface area contributed by atoms with Crippen LogP contribution in [0.3, 0.4) is 0 Å². The first-order valence-corrected chi connectivity index (χ1v) is 6.26. The maximum Gasteiger partial charge on any atom is 0.336 e. The van der Waals surface area contributed by atoms with Crippen LogP contribution in [0.1, 0.15) is 21.5 Å². The van der Waals surface area contributed by atoms with Crippen LogP contribution in [0.15, 0.2) is 36.4 Å². The molecule has 0 spiro atoms. The Balaban J connectivity index is 2.21. The minimum absolute atomic E-state index is 0.0176. The first kappa shape index (κ1) is 14.3. The highest BCUT2D eigenvalue weighted by Gasteiger charge is 2.11. The molecule has 0 saturated heterocycles. The van der Waals surface area contributed by atoms with Crippen molar-refractivity contribution < 1.29 is 19.0 Å². The van der Waals surface area contributed by atoms with E-state index >= 15 is 0 Å². The number of carboxylic acids is 1. The van der Waals surface area contributed by atoms with Gasteiger partial charge in [0.25, 0.3) is 0 Å². The highest BCUT2D eigenvalue weighted by molar-refractivity contribution is 6.30. The molecule has 20 heavy (non-hydrogen) atoms. The molecule has 0 aliphatic heterocycles. The van der Waals surface area contributed by atoms with Gasteiger partial charge in [0.15, 0.2) is 0 Å². The van der Waals surface area contributed by atoms with E-state index in [0.29, 0.717) is 21.9 Å². The number of carbonyl (C=O) groups is 1. The predicted molar refractivity (Wildman–Crippen MR) is 73.9 cm³/mol. The van der Waals surface area contributed by atoms with Crippen LogP contribution >= 0.6 is 11.6 Å². The first-order chi connectivity index (χ1) is 9.49. The van der Waals surface area contributed by atoms with Crippen LogP contribution in [-0.4, -0.2) is 11.1 Å². The van der Waals surface area contributed by atoms with E-state index in [1.807, 2.05) is 0 Å². The Morgan fingerprint density at radius 1 is 1.35 bits per heavy atom. The normalized spacial score (nSPS) is 10.3. The second-order valence-corrected chi connectivity index (χ2v) is 4.69. The summed E-state index contributed by atoms with van der Waals surface area (Å²) in [7, 11) is 0. The van der Waals surface area contributed by atoms with Gasteiger partial charge in [0.2, 0.25) is 0 Å². The van der Waals surface area contributed by atoms with Gasteiger partial charge in [0, 0.05) is 16.1 Å². The Hall–Kier alpha value is -2.07. The van der Waals surface area contributed by atoms with E-state index in [1.165, 1.54) is 24.3 Å². The third-order valence-corrected chi connectivity index (χ3v) is 3.14. The van der Waals surface area contributed by atoms with Crippen molar-refractivity contribution in [3.8, 4) is 5.75 Å². The molecule has 0 saturated carbocycles. The number of aromatic carboxylic acids is 1. The van der Waals surface area contributed by atoms with Crippen LogP contribution in [-0.2, 0) is 6.61 Å². The van der Waals surface area contributed by atoms with Crippen LogP contribution in [0.2, 0.25) is 5.02 Å². The van der Waals surface area contributed by atoms with Gasteiger partial charge in [-0.2, -0.15) is 0 Å². The van der Waals surface area contributed by atoms with E-state index in [1.54, 1.807) is 19.1 Å². The second kappa shape index (κ2) is 5.92. The van der Waals surface area contributed by atoms with Gasteiger partial charge >= 0.3 is 5.97 Å². The maximum atomic E-state index is 13.5. The lowest BCUT2D eigenvalue weighted by Crippen LogP contribution is -2.04. The highest BCUT2D eigenvalue weighted by atomic mass is 35.5. The SMILES string of the molecule is Cc1c(OCc2cc(Cl)ccc2F)cccc1C(=O)O. The topological polar surface area (TPSA) is 46.5 Å². The molecule has 0 heterocycles. The molecule has 2 aromatic carbocycles. The van der Waals surface area contributed by atoms with Crippen LogP contribution < -0.4 is 4.74 Å². The minimum Gasteiger partial charge on any atom is -0.488 e. The summed E-state index contributed by atoms with van der Waals surface area (Å²) < 4.78 is 19.0. The van der Waals surface area contributed by atoms with E-state index in [0.717, 1.165) is 0 Å². The van der Waals surface area contributed by atoms with E-state index in [-0.39, 0.29) is 12.2 Å². The van der Waals surface area contributed by atoms with E-state index < -0.39 is 11.8 Å². The Labute approximate surface area is 120 Å². The van der Waals surface area contributed by atoms with Crippen LogP contribution in [0.25, 0.3) is 0 Å². The molecule has 2 aromatic rings. The largest absolute Gasteiger partial charge is 0.488 e. The fourth-order valence-electron chi connectivity index (χ4n) is 1.81. The van der Waals surface area contributed by atoms with Gasteiger partial charge < -0.3 is 9.84 Å². The van der Waals surface area contributed by atoms with Gasteiger partial charge in [-0.05, 0) is 37.3 Å². The zero-order valence-electron chi connectivity index (χ0n) is 10.7. The van der Waals surface area contributed by atoms with Crippen LogP contribution in [0.4, 0.5) is 4.39 Å².